The van der Waals surface area contributed by atoms with Gasteiger partial charge in [0.25, 0.3) is 0 Å². The summed E-state index contributed by atoms with van der Waals surface area (Å²) in [6, 6.07) is 2.43. The van der Waals surface area contributed by atoms with Gasteiger partial charge in [-0.2, -0.15) is 0 Å². The van der Waals surface area contributed by atoms with Gasteiger partial charge in [0.15, 0.2) is 5.75 Å². The fraction of sp³-hybridized carbons (Fsp3) is 0.0909. The smallest absolute Gasteiger partial charge is 0.328 e. The quantitative estimate of drug-likeness (QED) is 0.368. The van der Waals surface area contributed by atoms with Crippen LogP contribution in [0, 0.1) is 10.1 Å². The Balaban J connectivity index is 3.48. The van der Waals surface area contributed by atoms with Crippen LogP contribution in [0.15, 0.2) is 18.2 Å². The molecule has 0 amide bonds. The molecular weight excluding hydrogens is 242 g/mol. The van der Waals surface area contributed by atoms with Crippen LogP contribution in [-0.2, 0) is 4.79 Å². The molecule has 0 fully saturated rings. The first-order chi connectivity index (χ1) is 8.49. The van der Waals surface area contributed by atoms with E-state index in [1.165, 1.54) is 19.2 Å². The number of carboxylic acids is 1. The number of aldehydes is 1. The molecule has 0 saturated heterocycles. The lowest BCUT2D eigenvalue weighted by Crippen LogP contribution is -1.99. The molecule has 0 bridgehead atoms. The van der Waals surface area contributed by atoms with Crippen molar-refractivity contribution >= 4 is 24.0 Å². The molecule has 1 N–H and O–H groups in total. The van der Waals surface area contributed by atoms with Crippen LogP contribution in [0.2, 0.25) is 0 Å². The number of hydrogen-bond acceptors (Lipinski definition) is 5. The van der Waals surface area contributed by atoms with Gasteiger partial charge in [0.2, 0.25) is 0 Å². The second kappa shape index (κ2) is 5.58. The van der Waals surface area contributed by atoms with Gasteiger partial charge in [0, 0.05) is 11.6 Å². The zero-order valence-corrected chi connectivity index (χ0v) is 9.32. The van der Waals surface area contributed by atoms with Crippen molar-refractivity contribution in [3.05, 3.63) is 39.4 Å². The van der Waals surface area contributed by atoms with E-state index in [0.717, 1.165) is 12.2 Å². The van der Waals surface area contributed by atoms with Crippen molar-refractivity contribution in [3.63, 3.8) is 0 Å². The molecule has 1 rings (SSSR count). The Morgan fingerprint density at radius 2 is 2.17 bits per heavy atom. The molecule has 0 heterocycles. The lowest BCUT2D eigenvalue weighted by atomic mass is 10.1. The molecule has 18 heavy (non-hydrogen) atoms. The molecule has 0 atom stereocenters. The van der Waals surface area contributed by atoms with Crippen LogP contribution in [0.4, 0.5) is 5.69 Å². The first-order valence-corrected chi connectivity index (χ1v) is 4.72. The van der Waals surface area contributed by atoms with Crippen LogP contribution in [0.5, 0.6) is 5.75 Å². The van der Waals surface area contributed by atoms with E-state index in [2.05, 4.69) is 0 Å². The molecule has 94 valence electrons. The first kappa shape index (κ1) is 13.4. The largest absolute Gasteiger partial charge is 0.490 e. The van der Waals surface area contributed by atoms with E-state index in [0.29, 0.717) is 6.29 Å². The summed E-state index contributed by atoms with van der Waals surface area (Å²) in [7, 11) is 1.22. The van der Waals surface area contributed by atoms with E-state index in [1.807, 2.05) is 0 Å². The number of carbonyl (C=O) groups is 2. The number of carboxylic acid groups (broad SMARTS) is 1. The predicted molar refractivity (Wildman–Crippen MR) is 61.7 cm³/mol. The summed E-state index contributed by atoms with van der Waals surface area (Å²) in [5.74, 6) is -1.35. The number of ether oxygens (including phenoxy) is 1. The van der Waals surface area contributed by atoms with Crippen molar-refractivity contribution in [2.24, 2.45) is 0 Å². The Morgan fingerprint density at radius 3 is 2.61 bits per heavy atom. The average molecular weight is 251 g/mol. The zero-order chi connectivity index (χ0) is 13.7. The Labute approximate surface area is 101 Å². The second-order valence-electron chi connectivity index (χ2n) is 3.21. The summed E-state index contributed by atoms with van der Waals surface area (Å²) in [6.07, 6.45) is 2.27. The SMILES string of the molecule is COc1cc(C=O)cc(/C=C/C(=O)O)c1[N+](=O)[O-]. The highest BCUT2D eigenvalue weighted by Gasteiger charge is 2.20. The van der Waals surface area contributed by atoms with Gasteiger partial charge in [0.1, 0.15) is 6.29 Å². The van der Waals surface area contributed by atoms with Crippen molar-refractivity contribution in [3.8, 4) is 5.75 Å². The number of hydrogen-bond donors (Lipinski definition) is 1. The van der Waals surface area contributed by atoms with Crippen LogP contribution < -0.4 is 4.74 Å². The van der Waals surface area contributed by atoms with Crippen molar-refractivity contribution in [2.45, 2.75) is 0 Å². The number of nitro benzene ring substituents is 1. The Morgan fingerprint density at radius 1 is 1.50 bits per heavy atom. The number of methoxy groups -OCH3 is 1. The van der Waals surface area contributed by atoms with Crippen LogP contribution in [-0.4, -0.2) is 29.4 Å². The lowest BCUT2D eigenvalue weighted by molar-refractivity contribution is -0.386. The molecule has 7 nitrogen and oxygen atoms in total. The first-order valence-electron chi connectivity index (χ1n) is 4.72. The van der Waals surface area contributed by atoms with Gasteiger partial charge in [-0.3, -0.25) is 14.9 Å². The van der Waals surface area contributed by atoms with Crippen molar-refractivity contribution in [2.75, 3.05) is 7.11 Å². The van der Waals surface area contributed by atoms with Gasteiger partial charge in [-0.05, 0) is 18.2 Å². The third-order valence-corrected chi connectivity index (χ3v) is 2.07. The molecule has 0 aliphatic rings. The van der Waals surface area contributed by atoms with E-state index < -0.39 is 10.9 Å². The number of nitrogens with zero attached hydrogens (tertiary/aromatic N) is 1. The number of benzene rings is 1. The molecule has 1 aromatic carbocycles. The Kier molecular flexibility index (Phi) is 4.14. The summed E-state index contributed by atoms with van der Waals surface area (Å²) in [6.45, 7) is 0. The van der Waals surface area contributed by atoms with Crippen molar-refractivity contribution < 1.29 is 24.4 Å². The normalized spacial score (nSPS) is 10.3. The number of rotatable bonds is 5. The topological polar surface area (TPSA) is 107 Å². The lowest BCUT2D eigenvalue weighted by Gasteiger charge is -2.05. The molecule has 0 saturated carbocycles. The molecule has 0 aliphatic carbocycles. The van der Waals surface area contributed by atoms with E-state index in [4.69, 9.17) is 9.84 Å². The molecule has 0 spiro atoms. The molecule has 0 aliphatic heterocycles. The Hall–Kier alpha value is -2.70. The third kappa shape index (κ3) is 2.91. The van der Waals surface area contributed by atoms with E-state index >= 15 is 0 Å². The number of aliphatic carboxylic acids is 1. The standard InChI is InChI=1S/C11H9NO6/c1-18-9-5-7(6-13)4-8(2-3-10(14)15)11(9)12(16)17/h2-6H,1H3,(H,14,15)/b3-2+. The third-order valence-electron chi connectivity index (χ3n) is 2.07. The van der Waals surface area contributed by atoms with Crippen molar-refractivity contribution in [1.29, 1.82) is 0 Å². The molecule has 0 unspecified atom stereocenters. The minimum absolute atomic E-state index is 0.0103. The van der Waals surface area contributed by atoms with Crippen LogP contribution in [0.3, 0.4) is 0 Å². The predicted octanol–water partition coefficient (Wildman–Crippen LogP) is 1.51. The van der Waals surface area contributed by atoms with Gasteiger partial charge in [0.05, 0.1) is 17.6 Å². The summed E-state index contributed by atoms with van der Waals surface area (Å²) < 4.78 is 4.81. The van der Waals surface area contributed by atoms with Gasteiger partial charge >= 0.3 is 11.7 Å². The van der Waals surface area contributed by atoms with E-state index in [-0.39, 0.29) is 22.6 Å². The van der Waals surface area contributed by atoms with E-state index in [9.17, 15) is 19.7 Å². The molecule has 7 heteroatoms. The van der Waals surface area contributed by atoms with Gasteiger partial charge in [-0.25, -0.2) is 4.79 Å². The molecule has 0 radical (unpaired) electrons. The fourth-order valence-electron chi connectivity index (χ4n) is 1.36. The minimum Gasteiger partial charge on any atom is -0.490 e. The summed E-state index contributed by atoms with van der Waals surface area (Å²) in [4.78, 5) is 31.3. The summed E-state index contributed by atoms with van der Waals surface area (Å²) in [5.41, 5.74) is -0.244. The maximum atomic E-state index is 10.9. The van der Waals surface area contributed by atoms with Crippen LogP contribution >= 0.6 is 0 Å². The summed E-state index contributed by atoms with van der Waals surface area (Å²) >= 11 is 0. The zero-order valence-electron chi connectivity index (χ0n) is 9.32. The second-order valence-corrected chi connectivity index (χ2v) is 3.21. The average Bonchev–Trinajstić information content (AvgIpc) is 2.34. The van der Waals surface area contributed by atoms with Gasteiger partial charge in [-0.15, -0.1) is 0 Å². The van der Waals surface area contributed by atoms with Crippen LogP contribution in [0.25, 0.3) is 6.08 Å². The monoisotopic (exact) mass is 251 g/mol. The number of nitro groups is 1. The van der Waals surface area contributed by atoms with Gasteiger partial charge in [-0.1, -0.05) is 0 Å². The molecular formula is C11H9NO6. The molecule has 0 aromatic heterocycles. The van der Waals surface area contributed by atoms with E-state index in [1.54, 1.807) is 0 Å². The Bertz CT molecular complexity index is 535. The minimum atomic E-state index is -1.25. The molecule has 1 aromatic rings. The fourth-order valence-corrected chi connectivity index (χ4v) is 1.36. The highest BCUT2D eigenvalue weighted by atomic mass is 16.6. The summed E-state index contributed by atoms with van der Waals surface area (Å²) in [5, 5.41) is 19.4. The van der Waals surface area contributed by atoms with Gasteiger partial charge < -0.3 is 9.84 Å². The van der Waals surface area contributed by atoms with Crippen molar-refractivity contribution in [1.82, 2.24) is 0 Å². The number of carbonyl (C=O) groups excluding carboxylic acids is 1. The maximum absolute atomic E-state index is 10.9. The maximum Gasteiger partial charge on any atom is 0.328 e. The highest BCUT2D eigenvalue weighted by Crippen LogP contribution is 2.32. The highest BCUT2D eigenvalue weighted by molar-refractivity contribution is 5.88. The van der Waals surface area contributed by atoms with Crippen LogP contribution in [0.1, 0.15) is 15.9 Å².